The van der Waals surface area contributed by atoms with Crippen LogP contribution in [-0.2, 0) is 14.6 Å². The lowest BCUT2D eigenvalue weighted by Crippen LogP contribution is -2.31. The van der Waals surface area contributed by atoms with E-state index >= 15 is 0 Å². The fourth-order valence-corrected chi connectivity index (χ4v) is 6.34. The number of nitrogens with one attached hydrogen (secondary N) is 1. The molecule has 0 saturated carbocycles. The summed E-state index contributed by atoms with van der Waals surface area (Å²) < 4.78 is 63.1. The van der Waals surface area contributed by atoms with Crippen molar-refractivity contribution in [1.29, 1.82) is 5.26 Å². The number of aliphatic imine (C=N–C) groups is 1. The number of nitrogens with zero attached hydrogens (tertiary/aromatic N) is 7. The summed E-state index contributed by atoms with van der Waals surface area (Å²) in [7, 11) is -1.73. The molecule has 1 fully saturated rings. The van der Waals surface area contributed by atoms with Crippen LogP contribution in [0.4, 0.5) is 35.0 Å². The standard InChI is InChI=1S/C31H27F3N8O4S2/c1-18(2)24-11-8-22(40(3)4)14-26(24)42-27(43)16-47-30(42)38-29(44)37-25-12-5-19(13-20(25)15-35)28-36-17-41(39-28)21-6-9-23(10-7-21)48(45,46)31(32,33)34/h5-14,17-18H,16H2,1-4H3,(H,37,44). The number of carbonyl (C=O) groups excluding carboxylic acids is 2. The first kappa shape index (κ1) is 34.1. The molecule has 0 radical (unpaired) electrons. The highest BCUT2D eigenvalue weighted by atomic mass is 32.2. The Kier molecular flexibility index (Phi) is 9.33. The third-order valence-corrected chi connectivity index (χ3v) is 9.63. The van der Waals surface area contributed by atoms with Crippen molar-refractivity contribution in [2.45, 2.75) is 30.2 Å². The van der Waals surface area contributed by atoms with Crippen molar-refractivity contribution in [3.05, 3.63) is 78.1 Å². The van der Waals surface area contributed by atoms with Crippen LogP contribution in [0.15, 0.2) is 76.9 Å². The van der Waals surface area contributed by atoms with E-state index < -0.39 is 26.3 Å². The Morgan fingerprint density at radius 1 is 1.10 bits per heavy atom. The van der Waals surface area contributed by atoms with Crippen molar-refractivity contribution >= 4 is 55.8 Å². The Labute approximate surface area is 277 Å². The van der Waals surface area contributed by atoms with Crippen molar-refractivity contribution in [3.8, 4) is 23.1 Å². The predicted octanol–water partition coefficient (Wildman–Crippen LogP) is 5.96. The van der Waals surface area contributed by atoms with Gasteiger partial charge in [0.25, 0.3) is 9.84 Å². The summed E-state index contributed by atoms with van der Waals surface area (Å²) in [6.07, 6.45) is 1.27. The summed E-state index contributed by atoms with van der Waals surface area (Å²) in [5.74, 6) is 0.115. The summed E-state index contributed by atoms with van der Waals surface area (Å²) in [5.41, 5.74) is -2.18. The molecule has 248 valence electrons. The number of hydrogen-bond donors (Lipinski definition) is 1. The molecule has 17 heteroatoms. The molecule has 0 aliphatic carbocycles. The van der Waals surface area contributed by atoms with Gasteiger partial charge in [0, 0.05) is 25.3 Å². The first-order valence-electron chi connectivity index (χ1n) is 14.2. The molecule has 1 aliphatic rings. The zero-order valence-electron chi connectivity index (χ0n) is 25.8. The fraction of sp³-hybridized carbons (Fsp3) is 0.226. The molecule has 2 heterocycles. The maximum Gasteiger partial charge on any atom is 0.501 e. The Morgan fingerprint density at radius 2 is 1.81 bits per heavy atom. The number of aromatic nitrogens is 3. The van der Waals surface area contributed by atoms with E-state index in [1.165, 1.54) is 28.0 Å². The summed E-state index contributed by atoms with van der Waals surface area (Å²) in [6.45, 7) is 4.01. The van der Waals surface area contributed by atoms with Crippen molar-refractivity contribution < 1.29 is 31.2 Å². The van der Waals surface area contributed by atoms with Crippen LogP contribution in [0.3, 0.4) is 0 Å². The van der Waals surface area contributed by atoms with Crippen LogP contribution < -0.4 is 15.1 Å². The van der Waals surface area contributed by atoms with Crippen LogP contribution in [-0.4, -0.2) is 65.6 Å². The number of sulfone groups is 1. The highest BCUT2D eigenvalue weighted by Crippen LogP contribution is 2.36. The van der Waals surface area contributed by atoms with Gasteiger partial charge in [-0.2, -0.15) is 23.4 Å². The second-order valence-corrected chi connectivity index (χ2v) is 13.8. The molecule has 0 spiro atoms. The van der Waals surface area contributed by atoms with E-state index in [0.717, 1.165) is 47.3 Å². The molecule has 1 aromatic heterocycles. The van der Waals surface area contributed by atoms with E-state index in [-0.39, 0.29) is 45.5 Å². The molecule has 4 aromatic rings. The summed E-state index contributed by atoms with van der Waals surface area (Å²) in [5, 5.41) is 16.9. The minimum Gasteiger partial charge on any atom is -0.378 e. The van der Waals surface area contributed by atoms with Gasteiger partial charge in [-0.25, -0.2) is 22.9 Å². The van der Waals surface area contributed by atoms with Crippen LogP contribution in [0, 0.1) is 11.3 Å². The minimum absolute atomic E-state index is 0.0619. The second kappa shape index (κ2) is 13.1. The quantitative estimate of drug-likeness (QED) is 0.247. The molecule has 1 saturated heterocycles. The largest absolute Gasteiger partial charge is 0.501 e. The number of hydrogen-bond acceptors (Lipinski definition) is 9. The van der Waals surface area contributed by atoms with Gasteiger partial charge in [0.05, 0.1) is 33.3 Å². The lowest BCUT2D eigenvalue weighted by Gasteiger charge is -2.24. The molecular weight excluding hydrogens is 670 g/mol. The van der Waals surface area contributed by atoms with E-state index in [9.17, 15) is 36.4 Å². The highest BCUT2D eigenvalue weighted by Gasteiger charge is 2.46. The number of rotatable bonds is 7. The minimum atomic E-state index is -5.50. The maximum absolute atomic E-state index is 13.1. The average Bonchev–Trinajstić information content (AvgIpc) is 3.67. The van der Waals surface area contributed by atoms with Crippen LogP contribution in [0.25, 0.3) is 17.1 Å². The van der Waals surface area contributed by atoms with Gasteiger partial charge in [-0.05, 0) is 66.1 Å². The molecule has 0 atom stereocenters. The molecule has 1 aliphatic heterocycles. The third kappa shape index (κ3) is 6.75. The lowest BCUT2D eigenvalue weighted by atomic mass is 9.99. The van der Waals surface area contributed by atoms with Crippen molar-refractivity contribution in [2.75, 3.05) is 35.0 Å². The normalized spacial score (nSPS) is 14.4. The number of alkyl halides is 3. The van der Waals surface area contributed by atoms with Gasteiger partial charge in [-0.1, -0.05) is 31.7 Å². The first-order chi connectivity index (χ1) is 22.6. The van der Waals surface area contributed by atoms with E-state index in [0.29, 0.717) is 11.3 Å². The van der Waals surface area contributed by atoms with E-state index in [1.807, 2.05) is 57.1 Å². The molecule has 48 heavy (non-hydrogen) atoms. The third-order valence-electron chi connectivity index (χ3n) is 7.20. The number of amides is 3. The monoisotopic (exact) mass is 696 g/mol. The van der Waals surface area contributed by atoms with E-state index in [4.69, 9.17) is 0 Å². The van der Waals surface area contributed by atoms with Crippen LogP contribution in [0.2, 0.25) is 0 Å². The van der Waals surface area contributed by atoms with Crippen LogP contribution in [0.5, 0.6) is 0 Å². The summed E-state index contributed by atoms with van der Waals surface area (Å²) in [4.78, 5) is 36.8. The number of anilines is 3. The molecule has 5 rings (SSSR count). The van der Waals surface area contributed by atoms with Gasteiger partial charge >= 0.3 is 11.5 Å². The Balaban J connectivity index is 1.36. The van der Waals surface area contributed by atoms with Gasteiger partial charge in [0.1, 0.15) is 12.4 Å². The number of amidine groups is 1. The van der Waals surface area contributed by atoms with Crippen LogP contribution in [0.1, 0.15) is 30.9 Å². The number of carbonyl (C=O) groups is 2. The average molecular weight is 697 g/mol. The van der Waals surface area contributed by atoms with Crippen molar-refractivity contribution in [3.63, 3.8) is 0 Å². The number of nitriles is 1. The summed E-state index contributed by atoms with van der Waals surface area (Å²) in [6, 6.07) is 15.4. The molecule has 1 N–H and O–H groups in total. The van der Waals surface area contributed by atoms with E-state index in [1.54, 1.807) is 6.07 Å². The van der Waals surface area contributed by atoms with E-state index in [2.05, 4.69) is 20.4 Å². The van der Waals surface area contributed by atoms with Gasteiger partial charge < -0.3 is 10.2 Å². The number of thioether (sulfide) groups is 1. The molecule has 0 bridgehead atoms. The smallest absolute Gasteiger partial charge is 0.378 e. The Hall–Kier alpha value is -5.21. The zero-order chi connectivity index (χ0) is 35.0. The van der Waals surface area contributed by atoms with Crippen molar-refractivity contribution in [2.24, 2.45) is 4.99 Å². The molecule has 3 amide bonds. The number of benzene rings is 3. The number of urea groups is 1. The van der Waals surface area contributed by atoms with Gasteiger partial charge in [0.2, 0.25) is 5.91 Å². The lowest BCUT2D eigenvalue weighted by molar-refractivity contribution is -0.115. The molecular formula is C31H27F3N8O4S2. The summed E-state index contributed by atoms with van der Waals surface area (Å²) >= 11 is 1.13. The number of halogens is 3. The molecule has 3 aromatic carbocycles. The maximum atomic E-state index is 13.1. The van der Waals surface area contributed by atoms with Gasteiger partial charge in [-0.3, -0.25) is 9.69 Å². The molecule has 0 unspecified atom stereocenters. The second-order valence-electron chi connectivity index (χ2n) is 11.0. The van der Waals surface area contributed by atoms with Gasteiger partial charge in [0.15, 0.2) is 11.0 Å². The SMILES string of the molecule is CC(C)c1ccc(N(C)C)cc1N1C(=O)CSC1=NC(=O)Nc1ccc(-c2ncn(-c3ccc(S(=O)(=O)C(F)(F)F)cc3)n2)cc1C#N. The zero-order valence-corrected chi connectivity index (χ0v) is 27.5. The first-order valence-corrected chi connectivity index (χ1v) is 16.6. The topological polar surface area (TPSA) is 154 Å². The highest BCUT2D eigenvalue weighted by molar-refractivity contribution is 8.15. The Morgan fingerprint density at radius 3 is 2.44 bits per heavy atom. The predicted molar refractivity (Wildman–Crippen MR) is 176 cm³/mol. The Bertz CT molecular complexity index is 2090. The fourth-order valence-electron chi connectivity index (χ4n) is 4.72. The van der Waals surface area contributed by atoms with Crippen molar-refractivity contribution in [1.82, 2.24) is 14.8 Å². The van der Waals surface area contributed by atoms with Gasteiger partial charge in [-0.15, -0.1) is 5.10 Å². The van der Waals surface area contributed by atoms with Crippen LogP contribution >= 0.6 is 11.8 Å². The molecule has 12 nitrogen and oxygen atoms in total.